The van der Waals surface area contributed by atoms with Gasteiger partial charge in [0.05, 0.1) is 6.10 Å². The third kappa shape index (κ3) is 5.13. The van der Waals surface area contributed by atoms with E-state index in [0.29, 0.717) is 12.3 Å². The molecule has 12 heavy (non-hydrogen) atoms. The lowest BCUT2D eigenvalue weighted by atomic mass is 10.1. The van der Waals surface area contributed by atoms with Gasteiger partial charge in [-0.3, -0.25) is 0 Å². The third-order valence-corrected chi connectivity index (χ3v) is 1.32. The molecule has 0 saturated carbocycles. The fourth-order valence-electron chi connectivity index (χ4n) is 0.854. The minimum atomic E-state index is -0.965. The van der Waals surface area contributed by atoms with E-state index < -0.39 is 12.1 Å². The summed E-state index contributed by atoms with van der Waals surface area (Å²) in [5.41, 5.74) is 0. The second kappa shape index (κ2) is 5.14. The van der Waals surface area contributed by atoms with E-state index >= 15 is 0 Å². The summed E-state index contributed by atoms with van der Waals surface area (Å²) in [6, 6.07) is 0. The lowest BCUT2D eigenvalue weighted by Crippen LogP contribution is -2.26. The number of carbonyl (C=O) groups is 1. The normalized spacial score (nSPS) is 13.6. The molecule has 0 aliphatic rings. The third-order valence-electron chi connectivity index (χ3n) is 1.32. The van der Waals surface area contributed by atoms with Crippen molar-refractivity contribution in [2.45, 2.75) is 46.3 Å². The van der Waals surface area contributed by atoms with Crippen molar-refractivity contribution in [2.24, 2.45) is 5.92 Å². The monoisotopic (exact) mass is 174 g/mol. The van der Waals surface area contributed by atoms with Gasteiger partial charge in [-0.2, -0.15) is 0 Å². The number of rotatable bonds is 4. The molecule has 0 saturated heterocycles. The summed E-state index contributed by atoms with van der Waals surface area (Å²) in [7, 11) is 0. The summed E-state index contributed by atoms with van der Waals surface area (Å²) in [6.07, 6.45) is -0.655. The van der Waals surface area contributed by atoms with Crippen LogP contribution < -0.4 is 0 Å². The highest BCUT2D eigenvalue weighted by molar-refractivity contribution is 5.74. The number of carbonyl (C=O) groups excluding carboxylic acids is 1. The van der Waals surface area contributed by atoms with Crippen LogP contribution in [0.1, 0.15) is 34.1 Å². The number of ether oxygens (including phenoxy) is 1. The molecule has 0 rings (SSSR count). The summed E-state index contributed by atoms with van der Waals surface area (Å²) in [4.78, 5) is 11.0. The average Bonchev–Trinajstić information content (AvgIpc) is 1.84. The SMILES string of the molecule is CC(C)C[C@H](O)C(=O)OC(C)C. The molecule has 0 amide bonds. The maximum absolute atomic E-state index is 11.0. The molecular weight excluding hydrogens is 156 g/mol. The van der Waals surface area contributed by atoms with Crippen LogP contribution in [0.15, 0.2) is 0 Å². The van der Waals surface area contributed by atoms with Gasteiger partial charge in [-0.15, -0.1) is 0 Å². The average molecular weight is 174 g/mol. The van der Waals surface area contributed by atoms with Crippen molar-refractivity contribution in [3.05, 3.63) is 0 Å². The predicted molar refractivity (Wildman–Crippen MR) is 46.7 cm³/mol. The zero-order chi connectivity index (χ0) is 9.72. The molecule has 0 aliphatic heterocycles. The first kappa shape index (κ1) is 11.4. The molecule has 3 nitrogen and oxygen atoms in total. The zero-order valence-corrected chi connectivity index (χ0v) is 8.20. The molecule has 0 aromatic heterocycles. The molecule has 0 aromatic rings. The number of hydrogen-bond acceptors (Lipinski definition) is 3. The molecule has 0 unspecified atom stereocenters. The molecule has 0 heterocycles. The van der Waals surface area contributed by atoms with E-state index in [9.17, 15) is 9.90 Å². The second-order valence-electron chi connectivity index (χ2n) is 3.63. The Morgan fingerprint density at radius 2 is 1.83 bits per heavy atom. The van der Waals surface area contributed by atoms with Crippen LogP contribution >= 0.6 is 0 Å². The number of hydrogen-bond donors (Lipinski definition) is 1. The van der Waals surface area contributed by atoms with Gasteiger partial charge in [-0.05, 0) is 26.2 Å². The lowest BCUT2D eigenvalue weighted by molar-refractivity contribution is -0.158. The second-order valence-corrected chi connectivity index (χ2v) is 3.63. The van der Waals surface area contributed by atoms with Crippen molar-refractivity contribution in [1.29, 1.82) is 0 Å². The number of esters is 1. The topological polar surface area (TPSA) is 46.5 Å². The van der Waals surface area contributed by atoms with Crippen molar-refractivity contribution < 1.29 is 14.6 Å². The van der Waals surface area contributed by atoms with E-state index in [1.54, 1.807) is 13.8 Å². The summed E-state index contributed by atoms with van der Waals surface area (Å²) in [6.45, 7) is 7.43. The summed E-state index contributed by atoms with van der Waals surface area (Å²) in [5.74, 6) is -0.210. The molecule has 0 aliphatic carbocycles. The van der Waals surface area contributed by atoms with E-state index in [4.69, 9.17) is 4.74 Å². The van der Waals surface area contributed by atoms with Gasteiger partial charge in [0, 0.05) is 0 Å². The first-order valence-electron chi connectivity index (χ1n) is 4.32. The van der Waals surface area contributed by atoms with Gasteiger partial charge in [0.25, 0.3) is 0 Å². The van der Waals surface area contributed by atoms with Crippen LogP contribution in [0.3, 0.4) is 0 Å². The summed E-state index contributed by atoms with van der Waals surface area (Å²) in [5, 5.41) is 9.26. The first-order valence-corrected chi connectivity index (χ1v) is 4.32. The number of aliphatic hydroxyl groups is 1. The van der Waals surface area contributed by atoms with Crippen LogP contribution in [0.2, 0.25) is 0 Å². The van der Waals surface area contributed by atoms with Crippen LogP contribution in [0.25, 0.3) is 0 Å². The quantitative estimate of drug-likeness (QED) is 0.654. The minimum Gasteiger partial charge on any atom is -0.461 e. The van der Waals surface area contributed by atoms with Crippen LogP contribution in [-0.4, -0.2) is 23.3 Å². The molecule has 1 atom stereocenters. The van der Waals surface area contributed by atoms with Crippen molar-refractivity contribution in [3.8, 4) is 0 Å². The van der Waals surface area contributed by atoms with E-state index in [1.807, 2.05) is 13.8 Å². The van der Waals surface area contributed by atoms with E-state index in [0.717, 1.165) is 0 Å². The minimum absolute atomic E-state index is 0.153. The van der Waals surface area contributed by atoms with Gasteiger partial charge in [-0.25, -0.2) is 4.79 Å². The van der Waals surface area contributed by atoms with Gasteiger partial charge in [0.1, 0.15) is 0 Å². The van der Waals surface area contributed by atoms with Crippen LogP contribution in [0.5, 0.6) is 0 Å². The standard InChI is InChI=1S/C9H18O3/c1-6(2)5-8(10)9(11)12-7(3)4/h6-8,10H,5H2,1-4H3/t8-/m0/s1. The Hall–Kier alpha value is -0.570. The maximum atomic E-state index is 11.0. The fourth-order valence-corrected chi connectivity index (χ4v) is 0.854. The zero-order valence-electron chi connectivity index (χ0n) is 8.20. The van der Waals surface area contributed by atoms with Gasteiger partial charge < -0.3 is 9.84 Å². The molecule has 0 radical (unpaired) electrons. The Balaban J connectivity index is 3.77. The fraction of sp³-hybridized carbons (Fsp3) is 0.889. The Labute approximate surface area is 73.7 Å². The maximum Gasteiger partial charge on any atom is 0.335 e. The van der Waals surface area contributed by atoms with Crippen molar-refractivity contribution in [3.63, 3.8) is 0 Å². The van der Waals surface area contributed by atoms with Crippen LogP contribution in [0, 0.1) is 5.92 Å². The molecule has 1 N–H and O–H groups in total. The highest BCUT2D eigenvalue weighted by Gasteiger charge is 2.18. The van der Waals surface area contributed by atoms with E-state index in [-0.39, 0.29) is 6.10 Å². The van der Waals surface area contributed by atoms with Crippen molar-refractivity contribution in [1.82, 2.24) is 0 Å². The molecule has 0 fully saturated rings. The smallest absolute Gasteiger partial charge is 0.335 e. The Morgan fingerprint density at radius 3 is 2.17 bits per heavy atom. The summed E-state index contributed by atoms with van der Waals surface area (Å²) < 4.78 is 4.82. The van der Waals surface area contributed by atoms with Crippen molar-refractivity contribution in [2.75, 3.05) is 0 Å². The van der Waals surface area contributed by atoms with Gasteiger partial charge >= 0.3 is 5.97 Å². The van der Waals surface area contributed by atoms with Gasteiger partial charge in [0.15, 0.2) is 6.10 Å². The van der Waals surface area contributed by atoms with Crippen LogP contribution in [0.4, 0.5) is 0 Å². The van der Waals surface area contributed by atoms with Crippen molar-refractivity contribution >= 4 is 5.97 Å². The Bertz CT molecular complexity index is 141. The van der Waals surface area contributed by atoms with E-state index in [2.05, 4.69) is 0 Å². The predicted octanol–water partition coefficient (Wildman–Crippen LogP) is 1.34. The lowest BCUT2D eigenvalue weighted by Gasteiger charge is -2.14. The number of aliphatic hydroxyl groups excluding tert-OH is 1. The molecular formula is C9H18O3. The highest BCUT2D eigenvalue weighted by atomic mass is 16.6. The van der Waals surface area contributed by atoms with E-state index in [1.165, 1.54) is 0 Å². The van der Waals surface area contributed by atoms with Crippen LogP contribution in [-0.2, 0) is 9.53 Å². The molecule has 72 valence electrons. The first-order chi connectivity index (χ1) is 5.43. The Kier molecular flexibility index (Phi) is 4.90. The molecule has 0 bridgehead atoms. The largest absolute Gasteiger partial charge is 0.461 e. The Morgan fingerprint density at radius 1 is 1.33 bits per heavy atom. The van der Waals surface area contributed by atoms with Gasteiger partial charge in [-0.1, -0.05) is 13.8 Å². The molecule has 0 spiro atoms. The highest BCUT2D eigenvalue weighted by Crippen LogP contribution is 2.06. The summed E-state index contributed by atoms with van der Waals surface area (Å²) >= 11 is 0. The van der Waals surface area contributed by atoms with Gasteiger partial charge in [0.2, 0.25) is 0 Å². The molecule has 3 heteroatoms. The molecule has 0 aromatic carbocycles.